The van der Waals surface area contributed by atoms with Gasteiger partial charge in [-0.2, -0.15) is 0 Å². The van der Waals surface area contributed by atoms with Gasteiger partial charge in [-0.25, -0.2) is 0 Å². The minimum Gasteiger partial charge on any atom is -0.394 e. The molecule has 0 aliphatic rings. The first-order valence-corrected chi connectivity index (χ1v) is 5.15. The zero-order valence-electron chi connectivity index (χ0n) is 9.47. The van der Waals surface area contributed by atoms with Crippen molar-refractivity contribution >= 4 is 5.91 Å². The molecule has 0 aliphatic heterocycles. The van der Waals surface area contributed by atoms with E-state index in [1.54, 1.807) is 18.0 Å². The van der Waals surface area contributed by atoms with E-state index in [0.29, 0.717) is 5.69 Å². The monoisotopic (exact) mass is 210 g/mol. The summed E-state index contributed by atoms with van der Waals surface area (Å²) in [5, 5.41) is 8.98. The highest BCUT2D eigenvalue weighted by Gasteiger charge is 2.18. The number of amides is 1. The van der Waals surface area contributed by atoms with Gasteiger partial charge >= 0.3 is 0 Å². The number of carbonyl (C=O) groups excluding carboxylic acids is 1. The largest absolute Gasteiger partial charge is 0.394 e. The molecule has 1 amide bonds. The van der Waals surface area contributed by atoms with Crippen molar-refractivity contribution < 1.29 is 9.90 Å². The van der Waals surface area contributed by atoms with Crippen LogP contribution in [0.25, 0.3) is 0 Å². The fraction of sp³-hybridized carbons (Fsp3) is 0.545. The molecule has 0 bridgehead atoms. The van der Waals surface area contributed by atoms with Crippen LogP contribution >= 0.6 is 0 Å². The van der Waals surface area contributed by atoms with E-state index in [1.165, 1.54) is 0 Å². The quantitative estimate of drug-likeness (QED) is 0.804. The Kier molecular flexibility index (Phi) is 3.91. The molecule has 1 heterocycles. The second-order valence-electron chi connectivity index (χ2n) is 3.63. The fourth-order valence-corrected chi connectivity index (χ4v) is 1.39. The highest BCUT2D eigenvalue weighted by molar-refractivity contribution is 5.92. The number of rotatable bonds is 4. The minimum atomic E-state index is -0.155. The number of hydrogen-bond acceptors (Lipinski definition) is 2. The maximum absolute atomic E-state index is 12.0. The summed E-state index contributed by atoms with van der Waals surface area (Å²) in [7, 11) is 1.70. The number of aliphatic hydroxyl groups excluding tert-OH is 1. The van der Waals surface area contributed by atoms with Crippen LogP contribution < -0.4 is 0 Å². The third-order valence-electron chi connectivity index (χ3n) is 2.64. The molecule has 1 unspecified atom stereocenters. The first-order chi connectivity index (χ1) is 7.11. The average molecular weight is 210 g/mol. The lowest BCUT2D eigenvalue weighted by Crippen LogP contribution is -2.38. The molecule has 0 spiro atoms. The highest BCUT2D eigenvalue weighted by Crippen LogP contribution is 2.07. The molecule has 15 heavy (non-hydrogen) atoms. The van der Waals surface area contributed by atoms with Crippen molar-refractivity contribution in [2.45, 2.75) is 26.4 Å². The number of likely N-dealkylation sites (N-methyl/N-ethyl adjacent to an activating group) is 1. The lowest BCUT2D eigenvalue weighted by Gasteiger charge is -2.23. The van der Waals surface area contributed by atoms with Crippen LogP contribution in [0, 0.1) is 0 Å². The number of aryl methyl sites for hydroxylation is 1. The van der Waals surface area contributed by atoms with Gasteiger partial charge in [-0.15, -0.1) is 0 Å². The van der Waals surface area contributed by atoms with Crippen LogP contribution in [0.4, 0.5) is 0 Å². The van der Waals surface area contributed by atoms with E-state index in [-0.39, 0.29) is 18.6 Å². The summed E-state index contributed by atoms with van der Waals surface area (Å²) < 4.78 is 1.89. The number of carbonyl (C=O) groups is 1. The summed E-state index contributed by atoms with van der Waals surface area (Å²) >= 11 is 0. The Morgan fingerprint density at radius 2 is 2.33 bits per heavy atom. The van der Waals surface area contributed by atoms with Crippen LogP contribution in [0.3, 0.4) is 0 Å². The Labute approximate surface area is 90.1 Å². The van der Waals surface area contributed by atoms with Crippen molar-refractivity contribution in [1.29, 1.82) is 0 Å². The number of aliphatic hydroxyl groups is 1. The van der Waals surface area contributed by atoms with Gasteiger partial charge in [0.2, 0.25) is 0 Å². The van der Waals surface area contributed by atoms with Crippen molar-refractivity contribution in [3.05, 3.63) is 24.0 Å². The normalized spacial score (nSPS) is 12.5. The van der Waals surface area contributed by atoms with Gasteiger partial charge in [0.15, 0.2) is 0 Å². The summed E-state index contributed by atoms with van der Waals surface area (Å²) in [5.74, 6) is -0.0524. The van der Waals surface area contributed by atoms with Gasteiger partial charge in [0.25, 0.3) is 5.91 Å². The third-order valence-corrected chi connectivity index (χ3v) is 2.64. The van der Waals surface area contributed by atoms with Gasteiger partial charge in [-0.3, -0.25) is 4.79 Å². The van der Waals surface area contributed by atoms with E-state index in [2.05, 4.69) is 0 Å². The van der Waals surface area contributed by atoms with E-state index in [4.69, 9.17) is 5.11 Å². The SMILES string of the molecule is CCn1cccc1C(=O)N(C)C(C)CO. The standard InChI is InChI=1S/C11H18N2O2/c1-4-13-7-5-6-10(13)11(15)12(3)9(2)8-14/h5-7,9,14H,4,8H2,1-3H3. The van der Waals surface area contributed by atoms with Gasteiger partial charge < -0.3 is 14.6 Å². The molecular formula is C11H18N2O2. The van der Waals surface area contributed by atoms with Crippen LogP contribution in [0.15, 0.2) is 18.3 Å². The van der Waals surface area contributed by atoms with E-state index in [9.17, 15) is 4.79 Å². The van der Waals surface area contributed by atoms with E-state index >= 15 is 0 Å². The van der Waals surface area contributed by atoms with Crippen LogP contribution in [-0.2, 0) is 6.54 Å². The van der Waals surface area contributed by atoms with Gasteiger partial charge in [0, 0.05) is 19.8 Å². The Bertz CT molecular complexity index is 333. The lowest BCUT2D eigenvalue weighted by atomic mass is 10.3. The van der Waals surface area contributed by atoms with Crippen molar-refractivity contribution in [2.24, 2.45) is 0 Å². The fourth-order valence-electron chi connectivity index (χ4n) is 1.39. The number of nitrogens with zero attached hydrogens (tertiary/aromatic N) is 2. The molecule has 0 radical (unpaired) electrons. The zero-order chi connectivity index (χ0) is 11.4. The molecule has 0 aromatic carbocycles. The molecule has 1 N–H and O–H groups in total. The van der Waals surface area contributed by atoms with Crippen LogP contribution in [0.5, 0.6) is 0 Å². The van der Waals surface area contributed by atoms with Crippen molar-refractivity contribution in [3.63, 3.8) is 0 Å². The number of aromatic nitrogens is 1. The predicted molar refractivity (Wildman–Crippen MR) is 58.7 cm³/mol. The van der Waals surface area contributed by atoms with E-state index in [0.717, 1.165) is 6.54 Å². The Morgan fingerprint density at radius 1 is 1.67 bits per heavy atom. The summed E-state index contributed by atoms with van der Waals surface area (Å²) in [4.78, 5) is 13.5. The third kappa shape index (κ3) is 2.39. The first kappa shape index (κ1) is 11.8. The van der Waals surface area contributed by atoms with Gasteiger partial charge in [-0.05, 0) is 26.0 Å². The Hall–Kier alpha value is -1.29. The lowest BCUT2D eigenvalue weighted by molar-refractivity contribution is 0.0671. The Balaban J connectivity index is 2.84. The predicted octanol–water partition coefficient (Wildman–Crippen LogP) is 0.961. The Morgan fingerprint density at radius 3 is 2.87 bits per heavy atom. The van der Waals surface area contributed by atoms with E-state index < -0.39 is 0 Å². The zero-order valence-corrected chi connectivity index (χ0v) is 9.47. The maximum Gasteiger partial charge on any atom is 0.270 e. The second kappa shape index (κ2) is 4.98. The highest BCUT2D eigenvalue weighted by atomic mass is 16.3. The van der Waals surface area contributed by atoms with Crippen LogP contribution in [0.1, 0.15) is 24.3 Å². The van der Waals surface area contributed by atoms with Crippen LogP contribution in [-0.4, -0.2) is 40.2 Å². The summed E-state index contributed by atoms with van der Waals surface area (Å²) in [6.07, 6.45) is 1.88. The molecule has 0 fully saturated rings. The van der Waals surface area contributed by atoms with Gasteiger partial charge in [-0.1, -0.05) is 0 Å². The number of hydrogen-bond donors (Lipinski definition) is 1. The van der Waals surface area contributed by atoms with Crippen LogP contribution in [0.2, 0.25) is 0 Å². The molecule has 0 saturated heterocycles. The molecule has 0 saturated carbocycles. The summed E-state index contributed by atoms with van der Waals surface area (Å²) in [6, 6.07) is 3.50. The molecule has 1 rings (SSSR count). The summed E-state index contributed by atoms with van der Waals surface area (Å²) in [6.45, 7) is 4.56. The first-order valence-electron chi connectivity index (χ1n) is 5.15. The topological polar surface area (TPSA) is 45.5 Å². The molecule has 4 nitrogen and oxygen atoms in total. The van der Waals surface area contributed by atoms with Crippen molar-refractivity contribution in [1.82, 2.24) is 9.47 Å². The second-order valence-corrected chi connectivity index (χ2v) is 3.63. The van der Waals surface area contributed by atoms with Crippen molar-refractivity contribution in [3.8, 4) is 0 Å². The minimum absolute atomic E-state index is 0.0188. The molecular weight excluding hydrogens is 192 g/mol. The molecule has 84 valence electrons. The summed E-state index contributed by atoms with van der Waals surface area (Å²) in [5.41, 5.74) is 0.667. The molecule has 1 atom stereocenters. The average Bonchev–Trinajstić information content (AvgIpc) is 2.73. The molecule has 4 heteroatoms. The molecule has 1 aromatic heterocycles. The van der Waals surface area contributed by atoms with E-state index in [1.807, 2.05) is 30.7 Å². The smallest absolute Gasteiger partial charge is 0.270 e. The molecule has 1 aromatic rings. The van der Waals surface area contributed by atoms with Gasteiger partial charge in [0.05, 0.1) is 12.6 Å². The maximum atomic E-state index is 12.0. The van der Waals surface area contributed by atoms with Crippen molar-refractivity contribution in [2.75, 3.05) is 13.7 Å². The molecule has 0 aliphatic carbocycles. The van der Waals surface area contributed by atoms with Gasteiger partial charge in [0.1, 0.15) is 5.69 Å².